The molecule has 2 fully saturated rings. The molecular weight excluding hydrogens is 1250 g/mol. The van der Waals surface area contributed by atoms with Crippen LogP contribution >= 0.6 is 0 Å². The fraction of sp³-hybridized carbons (Fsp3) is 0.829. The predicted octanol–water partition coefficient (Wildman–Crippen LogP) is 3.25. The second-order valence-corrected chi connectivity index (χ2v) is 29.1. The van der Waals surface area contributed by atoms with Crippen LogP contribution in [0.2, 0.25) is 0 Å². The molecule has 554 valence electrons. The van der Waals surface area contributed by atoms with Crippen LogP contribution in [0, 0.1) is 46.8 Å². The number of likely N-dealkylation sites (N-methyl/N-ethyl adjacent to an activating group) is 7. The van der Waals surface area contributed by atoms with E-state index in [-0.39, 0.29) is 56.5 Å². The Morgan fingerprint density at radius 1 is 0.505 bits per heavy atom. The van der Waals surface area contributed by atoms with E-state index in [2.05, 4.69) is 32.2 Å². The molecule has 2 aliphatic heterocycles. The maximum absolute atomic E-state index is 15.3. The molecule has 2 heterocycles. The molecule has 14 atom stereocenters. The van der Waals surface area contributed by atoms with Crippen LogP contribution in [-0.4, -0.2) is 277 Å². The lowest BCUT2D eigenvalue weighted by Crippen LogP contribution is -2.64. The zero-order valence-electron chi connectivity index (χ0n) is 63.1. The highest BCUT2D eigenvalue weighted by Gasteiger charge is 2.47. The first-order valence-electron chi connectivity index (χ1n) is 35.3. The minimum Gasteiger partial charge on any atom is -0.390 e. The molecule has 0 aliphatic carbocycles. The molecule has 0 bridgehead atoms. The summed E-state index contributed by atoms with van der Waals surface area (Å²) in [5.41, 5.74) is 0. The molecule has 0 saturated carbocycles. The van der Waals surface area contributed by atoms with Crippen molar-refractivity contribution in [3.05, 3.63) is 0 Å². The number of nitrogens with zero attached hydrogens (tertiary/aromatic N) is 9. The van der Waals surface area contributed by atoms with Gasteiger partial charge in [-0.25, -0.2) is 0 Å². The first kappa shape index (κ1) is 86.6. The van der Waals surface area contributed by atoms with Crippen molar-refractivity contribution in [1.29, 1.82) is 5.26 Å². The molecule has 0 aromatic rings. The number of carbonyl (C=O) groups is 11. The standard InChI is InChI=1S/C70H125N13O14/c1-24-51-66(91)76(17)49(15)65(90)81(22)57(50(16)97-35-29-28-32-83-33-36-96-37-34-83)62(87)75-55(44(8)9)69(94)77(18)52(38-41(2)3)61(86)72-47(13)60(85)73-48(14)64(89)78(19)53(39-42(4)5)67(92)79(20)54(40-43(6)7)68(93)80(21)56(45(10)11)70(95)82(23)58(63(88)74-51)59(84)46(12)30-26-25-27-31-71/h41-59,84H,24-30,32-40H2,1-23H3,(H,72,86)(H,73,85)(H,74,88)(H,75,87)/t46-,47+,48-,49-,50-,51+,52+,53+,54+,55+,56+,57+,58+,59-/m1/s1. The van der Waals surface area contributed by atoms with Gasteiger partial charge < -0.3 is 70.1 Å². The van der Waals surface area contributed by atoms with Crippen LogP contribution in [0.4, 0.5) is 0 Å². The molecule has 0 spiro atoms. The lowest BCUT2D eigenvalue weighted by Gasteiger charge is -2.41. The maximum atomic E-state index is 15.3. The predicted molar refractivity (Wildman–Crippen MR) is 370 cm³/mol. The minimum absolute atomic E-state index is 0.0274. The van der Waals surface area contributed by atoms with E-state index in [1.807, 2.05) is 41.5 Å². The molecule has 27 nitrogen and oxygen atoms in total. The Morgan fingerprint density at radius 3 is 1.51 bits per heavy atom. The van der Waals surface area contributed by atoms with Crippen molar-refractivity contribution in [2.24, 2.45) is 35.5 Å². The number of carbonyl (C=O) groups excluding carboxylic acids is 11. The molecule has 0 radical (unpaired) electrons. The van der Waals surface area contributed by atoms with Crippen molar-refractivity contribution < 1.29 is 67.3 Å². The maximum Gasteiger partial charge on any atom is 0.246 e. The number of aliphatic hydroxyl groups excluding tert-OH is 1. The number of morpholine rings is 1. The van der Waals surface area contributed by atoms with Crippen molar-refractivity contribution in [3.63, 3.8) is 0 Å². The van der Waals surface area contributed by atoms with E-state index in [9.17, 15) is 39.1 Å². The Kier molecular flexibility index (Phi) is 36.7. The normalized spacial score (nSPS) is 27.1. The van der Waals surface area contributed by atoms with Crippen molar-refractivity contribution in [2.45, 2.75) is 254 Å². The van der Waals surface area contributed by atoms with Crippen molar-refractivity contribution in [3.8, 4) is 6.07 Å². The first-order valence-corrected chi connectivity index (χ1v) is 35.3. The van der Waals surface area contributed by atoms with Crippen molar-refractivity contribution in [2.75, 3.05) is 88.8 Å². The molecule has 5 N–H and O–H groups in total. The lowest BCUT2D eigenvalue weighted by atomic mass is 9.90. The molecular formula is C70H125N13O14. The smallest absolute Gasteiger partial charge is 0.246 e. The van der Waals surface area contributed by atoms with E-state index in [0.717, 1.165) is 40.8 Å². The number of nitrogens with one attached hydrogen (secondary N) is 4. The van der Waals surface area contributed by atoms with E-state index in [4.69, 9.17) is 9.47 Å². The summed E-state index contributed by atoms with van der Waals surface area (Å²) in [6.45, 7) is 31.2. The molecule has 0 aromatic carbocycles. The summed E-state index contributed by atoms with van der Waals surface area (Å²) in [6.07, 6.45) is 0.782. The van der Waals surface area contributed by atoms with E-state index in [0.29, 0.717) is 38.9 Å². The van der Waals surface area contributed by atoms with Crippen LogP contribution in [0.3, 0.4) is 0 Å². The summed E-state index contributed by atoms with van der Waals surface area (Å²) in [5, 5.41) is 32.7. The monoisotopic (exact) mass is 1370 g/mol. The molecule has 2 saturated heterocycles. The molecule has 2 rings (SSSR count). The van der Waals surface area contributed by atoms with Gasteiger partial charge in [-0.3, -0.25) is 57.6 Å². The number of unbranched alkanes of at least 4 members (excludes halogenated alkanes) is 3. The third kappa shape index (κ3) is 25.0. The van der Waals surface area contributed by atoms with E-state index < -0.39 is 161 Å². The van der Waals surface area contributed by atoms with Crippen LogP contribution in [-0.2, 0) is 62.2 Å². The summed E-state index contributed by atoms with van der Waals surface area (Å²) < 4.78 is 11.9. The van der Waals surface area contributed by atoms with Gasteiger partial charge in [0, 0.05) is 75.5 Å². The Labute approximate surface area is 579 Å². The van der Waals surface area contributed by atoms with Crippen LogP contribution in [0.25, 0.3) is 0 Å². The Morgan fingerprint density at radius 2 is 0.990 bits per heavy atom. The average molecular weight is 1370 g/mol. The minimum atomic E-state index is -1.67. The number of amides is 11. The van der Waals surface area contributed by atoms with E-state index >= 15 is 24.0 Å². The fourth-order valence-corrected chi connectivity index (χ4v) is 12.7. The van der Waals surface area contributed by atoms with Gasteiger partial charge in [0.05, 0.1) is 31.5 Å². The largest absolute Gasteiger partial charge is 0.390 e. The van der Waals surface area contributed by atoms with Gasteiger partial charge >= 0.3 is 0 Å². The average Bonchev–Trinajstić information content (AvgIpc) is 0.808. The summed E-state index contributed by atoms with van der Waals surface area (Å²) >= 11 is 0. The van der Waals surface area contributed by atoms with Crippen molar-refractivity contribution in [1.82, 2.24) is 60.5 Å². The van der Waals surface area contributed by atoms with Gasteiger partial charge in [0.25, 0.3) is 0 Å². The highest BCUT2D eigenvalue weighted by Crippen LogP contribution is 2.27. The number of nitriles is 1. The quantitative estimate of drug-likeness (QED) is 0.0972. The number of hydrogen-bond donors (Lipinski definition) is 5. The fourth-order valence-electron chi connectivity index (χ4n) is 12.7. The second-order valence-electron chi connectivity index (χ2n) is 29.1. The first-order chi connectivity index (χ1) is 45.2. The second kappa shape index (κ2) is 41.2. The third-order valence-corrected chi connectivity index (χ3v) is 19.0. The molecule has 11 amide bonds. The Bertz CT molecular complexity index is 2650. The SMILES string of the molecule is CC[C@@H]1NC(=O)[C@H]([C@H](O)[C@H](C)CCCCC#N)N(C)C(=O)[C@H](C(C)C)N(C)C(=O)[C@H](CC(C)C)N(C)C(=O)[C@H](CC(C)C)N(C)C(=O)[C@@H](C)NC(=O)[C@H](C)NC(=O)[C@H](CC(C)C)N(C)C(=O)[C@H](C(C)C)NC(=O)[C@H]([C@@H](C)OCCCCN2CCOCC2)N(C)C(=O)[C@@H](C)N(C)C1=O. The highest BCUT2D eigenvalue weighted by molar-refractivity contribution is 6.00. The van der Waals surface area contributed by atoms with Gasteiger partial charge in [-0.05, 0) is 121 Å². The molecule has 27 heteroatoms. The van der Waals surface area contributed by atoms with E-state index in [1.165, 1.54) is 89.7 Å². The third-order valence-electron chi connectivity index (χ3n) is 19.0. The number of aliphatic hydroxyl groups is 1. The van der Waals surface area contributed by atoms with Gasteiger partial charge in [0.2, 0.25) is 65.0 Å². The lowest BCUT2D eigenvalue weighted by molar-refractivity contribution is -0.157. The number of ether oxygens (including phenoxy) is 2. The van der Waals surface area contributed by atoms with Gasteiger partial charge in [-0.2, -0.15) is 5.26 Å². The van der Waals surface area contributed by atoms with Gasteiger partial charge in [-0.15, -0.1) is 0 Å². The summed E-state index contributed by atoms with van der Waals surface area (Å²) in [4.78, 5) is 174. The van der Waals surface area contributed by atoms with Gasteiger partial charge in [0.15, 0.2) is 0 Å². The summed E-state index contributed by atoms with van der Waals surface area (Å²) in [7, 11) is 9.84. The zero-order valence-corrected chi connectivity index (χ0v) is 63.1. The van der Waals surface area contributed by atoms with Gasteiger partial charge in [0.1, 0.15) is 66.5 Å². The van der Waals surface area contributed by atoms with Gasteiger partial charge in [-0.1, -0.05) is 89.5 Å². The number of rotatable bonds is 22. The summed E-state index contributed by atoms with van der Waals surface area (Å²) in [6, 6.07) is -12.2. The molecule has 2 aliphatic rings. The topological polar surface area (TPSA) is 324 Å². The van der Waals surface area contributed by atoms with Crippen molar-refractivity contribution >= 4 is 65.0 Å². The van der Waals surface area contributed by atoms with Crippen LogP contribution in [0.5, 0.6) is 0 Å². The Hall–Kier alpha value is -6.50. The Balaban J connectivity index is 3.02. The molecule has 0 unspecified atom stereocenters. The van der Waals surface area contributed by atoms with Crippen LogP contribution < -0.4 is 21.3 Å². The molecule has 97 heavy (non-hydrogen) atoms. The molecule has 0 aromatic heterocycles. The van der Waals surface area contributed by atoms with Crippen LogP contribution in [0.1, 0.15) is 175 Å². The zero-order chi connectivity index (χ0) is 74.2. The summed E-state index contributed by atoms with van der Waals surface area (Å²) in [5.74, 6) is -10.2. The van der Waals surface area contributed by atoms with Crippen LogP contribution in [0.15, 0.2) is 0 Å². The van der Waals surface area contributed by atoms with E-state index in [1.54, 1.807) is 48.5 Å². The highest BCUT2D eigenvalue weighted by atomic mass is 16.5. The number of hydrogen-bond acceptors (Lipinski definition) is 16.